The Hall–Kier alpha value is -1.06. The van der Waals surface area contributed by atoms with Crippen molar-refractivity contribution in [2.75, 3.05) is 26.9 Å². The van der Waals surface area contributed by atoms with Crippen molar-refractivity contribution in [3.63, 3.8) is 0 Å². The monoisotopic (exact) mass is 223 g/mol. The van der Waals surface area contributed by atoms with Crippen LogP contribution in [0.5, 0.6) is 5.75 Å². The standard InChI is InChI=1S/C13H21NO2/c1-3-9-14-12(10-15-2)11-16-13-7-5-4-6-8-13/h4-8,12,14H,3,9-11H2,1-2H3. The van der Waals surface area contributed by atoms with E-state index in [1.165, 1.54) is 0 Å². The van der Waals surface area contributed by atoms with E-state index in [9.17, 15) is 0 Å². The summed E-state index contributed by atoms with van der Waals surface area (Å²) in [5.41, 5.74) is 0. The number of rotatable bonds is 8. The van der Waals surface area contributed by atoms with E-state index in [0.29, 0.717) is 13.2 Å². The second-order valence-corrected chi connectivity index (χ2v) is 3.73. The highest BCUT2D eigenvalue weighted by molar-refractivity contribution is 5.20. The minimum absolute atomic E-state index is 0.255. The van der Waals surface area contributed by atoms with Crippen LogP contribution >= 0.6 is 0 Å². The summed E-state index contributed by atoms with van der Waals surface area (Å²) in [5.74, 6) is 0.905. The first-order valence-electron chi connectivity index (χ1n) is 5.77. The van der Waals surface area contributed by atoms with Crippen LogP contribution in [-0.2, 0) is 4.74 Å². The zero-order chi connectivity index (χ0) is 11.6. The maximum Gasteiger partial charge on any atom is 0.119 e. The van der Waals surface area contributed by atoms with E-state index in [4.69, 9.17) is 9.47 Å². The molecule has 0 heterocycles. The van der Waals surface area contributed by atoms with Crippen molar-refractivity contribution in [2.45, 2.75) is 19.4 Å². The molecule has 1 rings (SSSR count). The molecule has 1 aromatic rings. The predicted molar refractivity (Wildman–Crippen MR) is 65.9 cm³/mol. The fraction of sp³-hybridized carbons (Fsp3) is 0.538. The lowest BCUT2D eigenvalue weighted by Crippen LogP contribution is -2.38. The Kier molecular flexibility index (Phi) is 6.61. The number of benzene rings is 1. The topological polar surface area (TPSA) is 30.5 Å². The average Bonchev–Trinajstić information content (AvgIpc) is 2.34. The summed E-state index contributed by atoms with van der Waals surface area (Å²) in [7, 11) is 1.71. The molecule has 0 radical (unpaired) electrons. The van der Waals surface area contributed by atoms with Gasteiger partial charge in [-0.2, -0.15) is 0 Å². The fourth-order valence-corrected chi connectivity index (χ4v) is 1.43. The molecule has 0 saturated carbocycles. The Morgan fingerprint density at radius 3 is 2.56 bits per heavy atom. The van der Waals surface area contributed by atoms with Crippen LogP contribution in [0.15, 0.2) is 30.3 Å². The highest BCUT2D eigenvalue weighted by Gasteiger charge is 2.07. The van der Waals surface area contributed by atoms with E-state index in [1.807, 2.05) is 30.3 Å². The Morgan fingerprint density at radius 1 is 1.19 bits per heavy atom. The van der Waals surface area contributed by atoms with E-state index >= 15 is 0 Å². The third-order valence-electron chi connectivity index (χ3n) is 2.25. The number of hydrogen-bond acceptors (Lipinski definition) is 3. The van der Waals surface area contributed by atoms with E-state index < -0.39 is 0 Å². The fourth-order valence-electron chi connectivity index (χ4n) is 1.43. The Bertz CT molecular complexity index is 264. The lowest BCUT2D eigenvalue weighted by Gasteiger charge is -2.18. The SMILES string of the molecule is CCCNC(COC)COc1ccccc1. The van der Waals surface area contributed by atoms with Crippen molar-refractivity contribution in [1.82, 2.24) is 5.32 Å². The predicted octanol–water partition coefficient (Wildman–Crippen LogP) is 2.08. The highest BCUT2D eigenvalue weighted by atomic mass is 16.5. The van der Waals surface area contributed by atoms with Gasteiger partial charge in [0.15, 0.2) is 0 Å². The van der Waals surface area contributed by atoms with Crippen LogP contribution in [0.25, 0.3) is 0 Å². The smallest absolute Gasteiger partial charge is 0.119 e. The largest absolute Gasteiger partial charge is 0.492 e. The van der Waals surface area contributed by atoms with Crippen molar-refractivity contribution in [2.24, 2.45) is 0 Å². The molecule has 1 unspecified atom stereocenters. The van der Waals surface area contributed by atoms with Crippen LogP contribution in [0.4, 0.5) is 0 Å². The quantitative estimate of drug-likeness (QED) is 0.732. The first-order chi connectivity index (χ1) is 7.86. The van der Waals surface area contributed by atoms with E-state index in [0.717, 1.165) is 18.7 Å². The van der Waals surface area contributed by atoms with Crippen molar-refractivity contribution in [1.29, 1.82) is 0 Å². The van der Waals surface area contributed by atoms with Crippen molar-refractivity contribution < 1.29 is 9.47 Å². The first-order valence-corrected chi connectivity index (χ1v) is 5.77. The number of methoxy groups -OCH3 is 1. The molecule has 0 aliphatic carbocycles. The molecule has 1 atom stereocenters. The van der Waals surface area contributed by atoms with Crippen LogP contribution in [0.2, 0.25) is 0 Å². The molecule has 0 bridgehead atoms. The summed E-state index contributed by atoms with van der Waals surface area (Å²) in [6.45, 7) is 4.45. The second-order valence-electron chi connectivity index (χ2n) is 3.73. The van der Waals surface area contributed by atoms with Gasteiger partial charge in [0, 0.05) is 7.11 Å². The van der Waals surface area contributed by atoms with Crippen LogP contribution in [0.1, 0.15) is 13.3 Å². The number of hydrogen-bond donors (Lipinski definition) is 1. The van der Waals surface area contributed by atoms with Gasteiger partial charge >= 0.3 is 0 Å². The third-order valence-corrected chi connectivity index (χ3v) is 2.25. The molecule has 16 heavy (non-hydrogen) atoms. The zero-order valence-corrected chi connectivity index (χ0v) is 10.1. The average molecular weight is 223 g/mol. The third kappa shape index (κ3) is 5.14. The van der Waals surface area contributed by atoms with Crippen LogP contribution in [0.3, 0.4) is 0 Å². The van der Waals surface area contributed by atoms with Gasteiger partial charge in [0.1, 0.15) is 12.4 Å². The normalized spacial score (nSPS) is 12.4. The lowest BCUT2D eigenvalue weighted by molar-refractivity contribution is 0.136. The summed E-state index contributed by atoms with van der Waals surface area (Å²) < 4.78 is 10.8. The number of ether oxygens (including phenoxy) is 2. The number of para-hydroxylation sites is 1. The van der Waals surface area contributed by atoms with Gasteiger partial charge in [-0.05, 0) is 25.1 Å². The minimum Gasteiger partial charge on any atom is -0.492 e. The van der Waals surface area contributed by atoms with Gasteiger partial charge in [-0.3, -0.25) is 0 Å². The molecular formula is C13H21NO2. The Labute approximate surface area is 97.8 Å². The highest BCUT2D eigenvalue weighted by Crippen LogP contribution is 2.08. The molecule has 3 heteroatoms. The second kappa shape index (κ2) is 8.13. The molecule has 0 fully saturated rings. The van der Waals surface area contributed by atoms with Gasteiger partial charge in [0.2, 0.25) is 0 Å². The maximum atomic E-state index is 5.68. The summed E-state index contributed by atoms with van der Waals surface area (Å²) in [5, 5.41) is 3.39. The van der Waals surface area contributed by atoms with Crippen LogP contribution < -0.4 is 10.1 Å². The number of nitrogens with one attached hydrogen (secondary N) is 1. The molecule has 0 saturated heterocycles. The van der Waals surface area contributed by atoms with Gasteiger partial charge in [0.25, 0.3) is 0 Å². The molecular weight excluding hydrogens is 202 g/mol. The molecule has 0 aliphatic rings. The van der Waals surface area contributed by atoms with E-state index in [-0.39, 0.29) is 6.04 Å². The van der Waals surface area contributed by atoms with Crippen molar-refractivity contribution in [3.05, 3.63) is 30.3 Å². The molecule has 0 spiro atoms. The summed E-state index contributed by atoms with van der Waals surface area (Å²) in [4.78, 5) is 0. The Balaban J connectivity index is 2.31. The molecule has 0 aliphatic heterocycles. The first kappa shape index (κ1) is 13.0. The molecule has 1 N–H and O–H groups in total. The molecule has 0 amide bonds. The van der Waals surface area contributed by atoms with Gasteiger partial charge in [-0.25, -0.2) is 0 Å². The Morgan fingerprint density at radius 2 is 1.94 bits per heavy atom. The molecule has 90 valence electrons. The van der Waals surface area contributed by atoms with Crippen LogP contribution in [0, 0.1) is 0 Å². The van der Waals surface area contributed by atoms with Crippen molar-refractivity contribution >= 4 is 0 Å². The van der Waals surface area contributed by atoms with Gasteiger partial charge in [-0.15, -0.1) is 0 Å². The molecule has 3 nitrogen and oxygen atoms in total. The molecule has 0 aromatic heterocycles. The lowest BCUT2D eigenvalue weighted by atomic mass is 10.3. The minimum atomic E-state index is 0.255. The van der Waals surface area contributed by atoms with E-state index in [2.05, 4.69) is 12.2 Å². The van der Waals surface area contributed by atoms with Gasteiger partial charge < -0.3 is 14.8 Å². The van der Waals surface area contributed by atoms with Gasteiger partial charge in [0.05, 0.1) is 12.6 Å². The maximum absolute atomic E-state index is 5.68. The summed E-state index contributed by atoms with van der Waals surface area (Å²) in [6.07, 6.45) is 1.12. The van der Waals surface area contributed by atoms with E-state index in [1.54, 1.807) is 7.11 Å². The summed E-state index contributed by atoms with van der Waals surface area (Å²) >= 11 is 0. The zero-order valence-electron chi connectivity index (χ0n) is 10.1. The molecule has 1 aromatic carbocycles. The van der Waals surface area contributed by atoms with Crippen LogP contribution in [-0.4, -0.2) is 32.9 Å². The van der Waals surface area contributed by atoms with Gasteiger partial charge in [-0.1, -0.05) is 25.1 Å². The van der Waals surface area contributed by atoms with Crippen molar-refractivity contribution in [3.8, 4) is 5.75 Å². The summed E-state index contributed by atoms with van der Waals surface area (Å²) in [6, 6.07) is 10.1.